The van der Waals surface area contributed by atoms with Crippen molar-refractivity contribution >= 4 is 60.4 Å². The van der Waals surface area contributed by atoms with E-state index in [4.69, 9.17) is 0 Å². The van der Waals surface area contributed by atoms with Crippen LogP contribution in [0.2, 0.25) is 0 Å². The fourth-order valence-corrected chi connectivity index (χ4v) is 7.88. The molecule has 0 N–H and O–H groups in total. The smallest absolute Gasteiger partial charge is 0.0547 e. The molecule has 0 saturated carbocycles. The maximum atomic E-state index is 2.42. The van der Waals surface area contributed by atoms with Crippen molar-refractivity contribution in [1.29, 1.82) is 0 Å². The normalized spacial score (nSPS) is 11.5. The van der Waals surface area contributed by atoms with Crippen LogP contribution in [0.25, 0.3) is 71.3 Å². The fourth-order valence-electron chi connectivity index (χ4n) is 7.88. The van der Waals surface area contributed by atoms with Gasteiger partial charge in [-0.15, -0.1) is 0 Å². The predicted molar refractivity (Wildman–Crippen MR) is 221 cm³/mol. The molecule has 10 aromatic rings. The minimum Gasteiger partial charge on any atom is -0.310 e. The standard InChI is InChI=1S/C50H34N2/c1-4-14-35(15-5-1)40-30-41(36-16-6-2-7-17-36)34-45(33-40)51(42-20-8-3-9-21-42)43-27-28-46-39(32-43)25-29-49-50(46)47-22-12-13-23-48(47)52(49)44-26-24-37-18-10-11-19-38(37)31-44/h1-34H. The first kappa shape index (κ1) is 30.0. The Morgan fingerprint density at radius 3 is 1.65 bits per heavy atom. The zero-order valence-electron chi connectivity index (χ0n) is 28.5. The molecule has 0 radical (unpaired) electrons. The predicted octanol–water partition coefficient (Wildman–Crippen LogP) is 13.9. The van der Waals surface area contributed by atoms with Gasteiger partial charge in [-0.2, -0.15) is 0 Å². The SMILES string of the molecule is c1ccc(-c2cc(-c3ccccc3)cc(N(c3ccccc3)c3ccc4c(ccc5c4c4ccccc4n5-c4ccc5ccccc5c4)c3)c2)cc1. The lowest BCUT2D eigenvalue weighted by Gasteiger charge is -2.27. The summed E-state index contributed by atoms with van der Waals surface area (Å²) in [6.45, 7) is 0. The van der Waals surface area contributed by atoms with E-state index < -0.39 is 0 Å². The highest BCUT2D eigenvalue weighted by atomic mass is 15.1. The Balaban J connectivity index is 1.18. The van der Waals surface area contributed by atoms with Crippen molar-refractivity contribution in [1.82, 2.24) is 4.57 Å². The van der Waals surface area contributed by atoms with Crippen LogP contribution in [0, 0.1) is 0 Å². The van der Waals surface area contributed by atoms with Crippen LogP contribution in [0.15, 0.2) is 206 Å². The van der Waals surface area contributed by atoms with E-state index in [1.807, 2.05) is 0 Å². The minimum atomic E-state index is 1.11. The highest BCUT2D eigenvalue weighted by Crippen LogP contribution is 2.43. The lowest BCUT2D eigenvalue weighted by Crippen LogP contribution is -2.10. The van der Waals surface area contributed by atoms with Crippen LogP contribution in [0.5, 0.6) is 0 Å². The lowest BCUT2D eigenvalue weighted by molar-refractivity contribution is 1.19. The van der Waals surface area contributed by atoms with Crippen LogP contribution in [0.3, 0.4) is 0 Å². The van der Waals surface area contributed by atoms with Crippen LogP contribution in [0.4, 0.5) is 17.1 Å². The van der Waals surface area contributed by atoms with E-state index in [1.165, 1.54) is 71.3 Å². The summed E-state index contributed by atoms with van der Waals surface area (Å²) in [5.74, 6) is 0. The molecule has 1 heterocycles. The second-order valence-electron chi connectivity index (χ2n) is 13.4. The molecule has 0 spiro atoms. The van der Waals surface area contributed by atoms with Gasteiger partial charge in [-0.25, -0.2) is 0 Å². The van der Waals surface area contributed by atoms with Gasteiger partial charge in [0, 0.05) is 33.5 Å². The van der Waals surface area contributed by atoms with E-state index in [0.717, 1.165) is 17.1 Å². The second kappa shape index (κ2) is 12.5. The molecular weight excluding hydrogens is 629 g/mol. The highest BCUT2D eigenvalue weighted by molar-refractivity contribution is 6.21. The van der Waals surface area contributed by atoms with Crippen molar-refractivity contribution in [2.75, 3.05) is 4.90 Å². The summed E-state index contributed by atoms with van der Waals surface area (Å²) in [6.07, 6.45) is 0. The zero-order valence-corrected chi connectivity index (χ0v) is 28.5. The molecule has 9 aromatic carbocycles. The van der Waals surface area contributed by atoms with E-state index in [-0.39, 0.29) is 0 Å². The zero-order chi connectivity index (χ0) is 34.4. The van der Waals surface area contributed by atoms with Gasteiger partial charge in [-0.3, -0.25) is 0 Å². The fraction of sp³-hybridized carbons (Fsp3) is 0. The van der Waals surface area contributed by atoms with Crippen molar-refractivity contribution in [2.45, 2.75) is 0 Å². The summed E-state index contributed by atoms with van der Waals surface area (Å²) in [6, 6.07) is 74.7. The minimum absolute atomic E-state index is 1.11. The number of aromatic nitrogens is 1. The van der Waals surface area contributed by atoms with Crippen LogP contribution in [-0.2, 0) is 0 Å². The molecule has 0 aliphatic heterocycles. The van der Waals surface area contributed by atoms with Gasteiger partial charge in [0.2, 0.25) is 0 Å². The lowest BCUT2D eigenvalue weighted by atomic mass is 9.97. The highest BCUT2D eigenvalue weighted by Gasteiger charge is 2.19. The van der Waals surface area contributed by atoms with Gasteiger partial charge < -0.3 is 9.47 Å². The van der Waals surface area contributed by atoms with Gasteiger partial charge in [0.05, 0.1) is 11.0 Å². The van der Waals surface area contributed by atoms with Crippen molar-refractivity contribution < 1.29 is 0 Å². The van der Waals surface area contributed by atoms with E-state index in [9.17, 15) is 0 Å². The summed E-state index contributed by atoms with van der Waals surface area (Å²) < 4.78 is 2.42. The maximum absolute atomic E-state index is 2.42. The van der Waals surface area contributed by atoms with Crippen LogP contribution in [0.1, 0.15) is 0 Å². The molecule has 0 aliphatic carbocycles. The van der Waals surface area contributed by atoms with Gasteiger partial charge >= 0.3 is 0 Å². The third kappa shape index (κ3) is 5.12. The van der Waals surface area contributed by atoms with Crippen LogP contribution in [-0.4, -0.2) is 4.57 Å². The third-order valence-electron chi connectivity index (χ3n) is 10.3. The maximum Gasteiger partial charge on any atom is 0.0547 e. The van der Waals surface area contributed by atoms with E-state index in [1.54, 1.807) is 0 Å². The Bertz CT molecular complexity index is 2830. The quantitative estimate of drug-likeness (QED) is 0.172. The van der Waals surface area contributed by atoms with E-state index in [2.05, 4.69) is 216 Å². The number of benzene rings is 9. The van der Waals surface area contributed by atoms with Gasteiger partial charge in [-0.1, -0.05) is 140 Å². The first-order valence-corrected chi connectivity index (χ1v) is 17.8. The van der Waals surface area contributed by atoms with Crippen molar-refractivity contribution in [3.8, 4) is 27.9 Å². The Morgan fingerprint density at radius 1 is 0.308 bits per heavy atom. The summed E-state index contributed by atoms with van der Waals surface area (Å²) in [5.41, 5.74) is 11.7. The Morgan fingerprint density at radius 2 is 0.923 bits per heavy atom. The summed E-state index contributed by atoms with van der Waals surface area (Å²) >= 11 is 0. The van der Waals surface area contributed by atoms with Gasteiger partial charge in [0.25, 0.3) is 0 Å². The largest absolute Gasteiger partial charge is 0.310 e. The second-order valence-corrected chi connectivity index (χ2v) is 13.4. The molecule has 0 aliphatic rings. The average molecular weight is 663 g/mol. The van der Waals surface area contributed by atoms with Gasteiger partial charge in [0.1, 0.15) is 0 Å². The Hall–Kier alpha value is -6.90. The number of para-hydroxylation sites is 2. The Labute approximate surface area is 303 Å². The molecule has 0 fully saturated rings. The van der Waals surface area contributed by atoms with Crippen molar-refractivity contribution in [2.24, 2.45) is 0 Å². The first-order chi connectivity index (χ1) is 25.8. The molecular formula is C50H34N2. The van der Waals surface area contributed by atoms with E-state index in [0.29, 0.717) is 0 Å². The van der Waals surface area contributed by atoms with Crippen molar-refractivity contribution in [3.05, 3.63) is 206 Å². The molecule has 2 nitrogen and oxygen atoms in total. The number of anilines is 3. The molecule has 244 valence electrons. The Kier molecular flexibility index (Phi) is 7.18. The molecule has 2 heteroatoms. The van der Waals surface area contributed by atoms with Gasteiger partial charge in [0.15, 0.2) is 0 Å². The number of hydrogen-bond donors (Lipinski definition) is 0. The molecule has 0 saturated heterocycles. The summed E-state index contributed by atoms with van der Waals surface area (Å²) in [7, 11) is 0. The van der Waals surface area contributed by atoms with Crippen molar-refractivity contribution in [3.63, 3.8) is 0 Å². The molecule has 0 amide bonds. The molecule has 0 bridgehead atoms. The number of rotatable bonds is 6. The molecule has 0 unspecified atom stereocenters. The summed E-state index contributed by atoms with van der Waals surface area (Å²) in [4.78, 5) is 2.39. The topological polar surface area (TPSA) is 8.17 Å². The van der Waals surface area contributed by atoms with Crippen LogP contribution >= 0.6 is 0 Å². The molecule has 1 aromatic heterocycles. The molecule has 0 atom stereocenters. The number of fused-ring (bicyclic) bond motifs is 6. The van der Waals surface area contributed by atoms with Crippen LogP contribution < -0.4 is 4.90 Å². The number of nitrogens with zero attached hydrogens (tertiary/aromatic N) is 2. The molecule has 52 heavy (non-hydrogen) atoms. The third-order valence-corrected chi connectivity index (χ3v) is 10.3. The summed E-state index contributed by atoms with van der Waals surface area (Å²) in [5, 5.41) is 7.47. The molecule has 10 rings (SSSR count). The first-order valence-electron chi connectivity index (χ1n) is 17.8. The number of hydrogen-bond acceptors (Lipinski definition) is 1. The monoisotopic (exact) mass is 662 g/mol. The van der Waals surface area contributed by atoms with Gasteiger partial charge in [-0.05, 0) is 111 Å². The average Bonchev–Trinajstić information content (AvgIpc) is 3.56. The van der Waals surface area contributed by atoms with E-state index >= 15 is 0 Å².